The predicted molar refractivity (Wildman–Crippen MR) is 91.9 cm³/mol. The highest BCUT2D eigenvalue weighted by Crippen LogP contribution is 2.27. The molecule has 0 aliphatic rings. The fourth-order valence-electron chi connectivity index (χ4n) is 2.18. The molecule has 0 saturated carbocycles. The molecule has 2 aromatic heterocycles. The van der Waals surface area contributed by atoms with Crippen LogP contribution in [0.15, 0.2) is 42.7 Å². The average Bonchev–Trinajstić information content (AvgIpc) is 2.67. The maximum atomic E-state index is 13.9. The van der Waals surface area contributed by atoms with Gasteiger partial charge in [-0.05, 0) is 18.6 Å². The van der Waals surface area contributed by atoms with Crippen molar-refractivity contribution < 1.29 is 22.3 Å². The molecular formula is C18H15F4N5O. The third kappa shape index (κ3) is 5.12. The quantitative estimate of drug-likeness (QED) is 0.640. The summed E-state index contributed by atoms with van der Waals surface area (Å²) in [5.74, 6) is -1.17. The van der Waals surface area contributed by atoms with Crippen LogP contribution in [0, 0.1) is 12.7 Å². The molecule has 1 N–H and O–H groups in total. The Labute approximate surface area is 157 Å². The van der Waals surface area contributed by atoms with E-state index in [4.69, 9.17) is 4.74 Å². The lowest BCUT2D eigenvalue weighted by molar-refractivity contribution is -0.141. The van der Waals surface area contributed by atoms with Gasteiger partial charge in [-0.25, -0.2) is 19.3 Å². The van der Waals surface area contributed by atoms with Crippen LogP contribution in [0.4, 0.5) is 23.4 Å². The number of hydrogen-bond donors (Lipinski definition) is 1. The van der Waals surface area contributed by atoms with E-state index in [-0.39, 0.29) is 30.8 Å². The molecule has 0 unspecified atom stereocenters. The summed E-state index contributed by atoms with van der Waals surface area (Å²) in [6.45, 7) is 1.89. The molecule has 0 saturated heterocycles. The maximum Gasteiger partial charge on any atom is 0.433 e. The van der Waals surface area contributed by atoms with Crippen molar-refractivity contribution in [1.29, 1.82) is 0 Å². The van der Waals surface area contributed by atoms with Crippen LogP contribution in [0.3, 0.4) is 0 Å². The van der Waals surface area contributed by atoms with Gasteiger partial charge in [0.05, 0.1) is 12.7 Å². The van der Waals surface area contributed by atoms with Crippen LogP contribution >= 0.6 is 0 Å². The molecule has 0 bridgehead atoms. The number of halogens is 4. The number of nitrogens with zero attached hydrogens (tertiary/aromatic N) is 4. The van der Waals surface area contributed by atoms with Gasteiger partial charge in [0, 0.05) is 6.20 Å². The largest absolute Gasteiger partial charge is 0.459 e. The van der Waals surface area contributed by atoms with E-state index in [1.165, 1.54) is 0 Å². The lowest BCUT2D eigenvalue weighted by atomic mass is 10.2. The number of alkyl halides is 3. The van der Waals surface area contributed by atoms with Gasteiger partial charge in [0.25, 0.3) is 0 Å². The van der Waals surface area contributed by atoms with Crippen molar-refractivity contribution in [3.05, 3.63) is 71.2 Å². The third-order valence-corrected chi connectivity index (χ3v) is 3.62. The Morgan fingerprint density at radius 3 is 2.50 bits per heavy atom. The van der Waals surface area contributed by atoms with Crippen LogP contribution in [-0.2, 0) is 19.3 Å². The third-order valence-electron chi connectivity index (χ3n) is 3.62. The van der Waals surface area contributed by atoms with Crippen LogP contribution in [-0.4, -0.2) is 19.9 Å². The first-order chi connectivity index (χ1) is 13.3. The fraction of sp³-hybridized carbons (Fsp3) is 0.222. The molecule has 6 nitrogen and oxygen atoms in total. The zero-order valence-corrected chi connectivity index (χ0v) is 14.7. The summed E-state index contributed by atoms with van der Waals surface area (Å²) >= 11 is 0. The van der Waals surface area contributed by atoms with E-state index in [2.05, 4.69) is 25.3 Å². The highest BCUT2D eigenvalue weighted by Gasteiger charge is 2.32. The van der Waals surface area contributed by atoms with Gasteiger partial charge in [0.1, 0.15) is 18.1 Å². The van der Waals surface area contributed by atoms with Crippen molar-refractivity contribution in [2.75, 3.05) is 5.32 Å². The molecule has 0 radical (unpaired) electrons. The van der Waals surface area contributed by atoms with Crippen molar-refractivity contribution >= 4 is 5.82 Å². The monoisotopic (exact) mass is 393 g/mol. The molecule has 0 aliphatic heterocycles. The van der Waals surface area contributed by atoms with Crippen LogP contribution < -0.4 is 10.1 Å². The van der Waals surface area contributed by atoms with Crippen molar-refractivity contribution in [3.8, 4) is 6.01 Å². The summed E-state index contributed by atoms with van der Waals surface area (Å²) in [6.07, 6.45) is -2.69. The van der Waals surface area contributed by atoms with Gasteiger partial charge < -0.3 is 10.1 Å². The molecule has 1 aromatic carbocycles. The number of aryl methyl sites for hydroxylation is 1. The molecule has 28 heavy (non-hydrogen) atoms. The molecular weight excluding hydrogens is 378 g/mol. The number of benzene rings is 1. The summed E-state index contributed by atoms with van der Waals surface area (Å²) in [4.78, 5) is 14.8. The Kier molecular flexibility index (Phi) is 5.67. The Bertz CT molecular complexity index is 947. The summed E-state index contributed by atoms with van der Waals surface area (Å²) in [5.41, 5.74) is 0.903. The van der Waals surface area contributed by atoms with E-state index in [9.17, 15) is 17.6 Å². The Morgan fingerprint density at radius 2 is 1.79 bits per heavy atom. The number of aromatic nitrogens is 4. The summed E-state index contributed by atoms with van der Waals surface area (Å²) in [7, 11) is 0. The second-order valence-electron chi connectivity index (χ2n) is 5.83. The van der Waals surface area contributed by atoms with E-state index in [1.807, 2.05) is 31.2 Å². The van der Waals surface area contributed by atoms with Crippen molar-refractivity contribution in [2.45, 2.75) is 26.3 Å². The maximum absolute atomic E-state index is 13.9. The van der Waals surface area contributed by atoms with E-state index in [1.54, 1.807) is 0 Å². The van der Waals surface area contributed by atoms with Gasteiger partial charge in [-0.15, -0.1) is 0 Å². The minimum atomic E-state index is -4.59. The zero-order chi connectivity index (χ0) is 20.1. The number of hydrogen-bond acceptors (Lipinski definition) is 6. The fourth-order valence-corrected chi connectivity index (χ4v) is 2.18. The minimum Gasteiger partial charge on any atom is -0.459 e. The molecule has 0 aliphatic carbocycles. The van der Waals surface area contributed by atoms with Gasteiger partial charge >= 0.3 is 12.2 Å². The zero-order valence-electron chi connectivity index (χ0n) is 14.7. The van der Waals surface area contributed by atoms with Crippen LogP contribution in [0.5, 0.6) is 6.01 Å². The number of anilines is 1. The van der Waals surface area contributed by atoms with Crippen LogP contribution in [0.2, 0.25) is 0 Å². The highest BCUT2D eigenvalue weighted by atomic mass is 19.4. The van der Waals surface area contributed by atoms with Gasteiger partial charge in [-0.2, -0.15) is 18.2 Å². The van der Waals surface area contributed by atoms with Crippen molar-refractivity contribution in [1.82, 2.24) is 19.9 Å². The van der Waals surface area contributed by atoms with Crippen LogP contribution in [0.25, 0.3) is 0 Å². The highest BCUT2D eigenvalue weighted by molar-refractivity contribution is 5.36. The molecule has 146 valence electrons. The van der Waals surface area contributed by atoms with E-state index >= 15 is 0 Å². The number of ether oxygens (including phenoxy) is 1. The first-order valence-electron chi connectivity index (χ1n) is 8.15. The lowest BCUT2D eigenvalue weighted by Gasteiger charge is -2.10. The summed E-state index contributed by atoms with van der Waals surface area (Å²) in [5, 5.41) is 2.56. The Morgan fingerprint density at radius 1 is 1.04 bits per heavy atom. The summed E-state index contributed by atoms with van der Waals surface area (Å²) < 4.78 is 57.4. The Hall–Kier alpha value is -3.30. The van der Waals surface area contributed by atoms with Crippen molar-refractivity contribution in [2.24, 2.45) is 0 Å². The lowest BCUT2D eigenvalue weighted by Crippen LogP contribution is -2.13. The second-order valence-corrected chi connectivity index (χ2v) is 5.83. The SMILES string of the molecule is Cc1ccc(COc2ncc(F)c(NCc3nccc(C(F)(F)F)n3)n2)cc1. The molecule has 2 heterocycles. The average molecular weight is 393 g/mol. The molecule has 10 heteroatoms. The molecule has 0 atom stereocenters. The molecule has 0 spiro atoms. The topological polar surface area (TPSA) is 72.8 Å². The molecule has 0 fully saturated rings. The van der Waals surface area contributed by atoms with E-state index < -0.39 is 17.7 Å². The number of nitrogens with one attached hydrogen (secondary N) is 1. The standard InChI is InChI=1S/C18H15F4N5O/c1-11-2-4-12(5-3-11)10-28-17-25-8-13(19)16(27-17)24-9-15-23-7-6-14(26-15)18(20,21)22/h2-8H,9-10H2,1H3,(H,24,25,27). The van der Waals surface area contributed by atoms with Crippen molar-refractivity contribution in [3.63, 3.8) is 0 Å². The van der Waals surface area contributed by atoms with Gasteiger partial charge in [-0.1, -0.05) is 29.8 Å². The first-order valence-corrected chi connectivity index (χ1v) is 8.15. The number of rotatable bonds is 6. The minimum absolute atomic E-state index is 0.0746. The molecule has 3 aromatic rings. The molecule has 0 amide bonds. The smallest absolute Gasteiger partial charge is 0.433 e. The molecule has 3 rings (SSSR count). The second kappa shape index (κ2) is 8.15. The Balaban J connectivity index is 1.66. The normalized spacial score (nSPS) is 11.3. The van der Waals surface area contributed by atoms with E-state index in [0.29, 0.717) is 0 Å². The van der Waals surface area contributed by atoms with E-state index in [0.717, 1.165) is 29.6 Å². The summed E-state index contributed by atoms with van der Waals surface area (Å²) in [6, 6.07) is 8.28. The van der Waals surface area contributed by atoms with Gasteiger partial charge in [-0.3, -0.25) is 0 Å². The van der Waals surface area contributed by atoms with Gasteiger partial charge in [0.2, 0.25) is 0 Å². The van der Waals surface area contributed by atoms with Crippen LogP contribution in [0.1, 0.15) is 22.6 Å². The first kappa shape index (κ1) is 19.5. The van der Waals surface area contributed by atoms with Gasteiger partial charge in [0.15, 0.2) is 11.6 Å². The predicted octanol–water partition coefficient (Wildman–Crippen LogP) is 3.92.